The Morgan fingerprint density at radius 1 is 0.345 bits per heavy atom. The predicted molar refractivity (Wildman–Crippen MR) is 222 cm³/mol. The number of aromatic nitrogens is 5. The van der Waals surface area contributed by atoms with Gasteiger partial charge >= 0.3 is 0 Å². The van der Waals surface area contributed by atoms with E-state index in [9.17, 15) is 0 Å². The van der Waals surface area contributed by atoms with Gasteiger partial charge in [0.15, 0.2) is 23.3 Å². The summed E-state index contributed by atoms with van der Waals surface area (Å²) in [6, 6.07) is 58.9. The van der Waals surface area contributed by atoms with Crippen molar-refractivity contribution in [2.45, 2.75) is 37.5 Å². The molecule has 2 heterocycles. The molecule has 0 aliphatic heterocycles. The molecule has 264 valence electrons. The highest BCUT2D eigenvalue weighted by Crippen LogP contribution is 2.55. The van der Waals surface area contributed by atoms with Crippen molar-refractivity contribution in [3.8, 4) is 79.2 Å². The molecular weight excluding hydrogens is 671 g/mol. The van der Waals surface area contributed by atoms with Crippen LogP contribution >= 0.6 is 0 Å². The SMILES string of the molecule is c1ccc(-c2cccc(-c3nc(-c4ccccc4)nc(-c4ccc(-c5cc(-c6cccc(C78CCC(CC7)C8)c6)nc(-c6ccccc6)n5)cc4)n3)c2)cc1. The average Bonchev–Trinajstić information content (AvgIpc) is 3.91. The molecular formula is C50H39N5. The molecule has 2 aliphatic carbocycles. The van der Waals surface area contributed by atoms with E-state index in [1.165, 1.54) is 37.7 Å². The lowest BCUT2D eigenvalue weighted by Gasteiger charge is -2.27. The van der Waals surface area contributed by atoms with Crippen LogP contribution in [0.2, 0.25) is 0 Å². The summed E-state index contributed by atoms with van der Waals surface area (Å²) >= 11 is 0. The summed E-state index contributed by atoms with van der Waals surface area (Å²) in [5.74, 6) is 3.49. The zero-order valence-corrected chi connectivity index (χ0v) is 30.5. The quantitative estimate of drug-likeness (QED) is 0.157. The van der Waals surface area contributed by atoms with Crippen LogP contribution in [0.1, 0.15) is 37.7 Å². The number of fused-ring (bicyclic) bond motifs is 2. The number of rotatable bonds is 8. The molecule has 0 amide bonds. The second-order valence-electron chi connectivity index (χ2n) is 15.0. The van der Waals surface area contributed by atoms with Crippen LogP contribution in [0.15, 0.2) is 170 Å². The van der Waals surface area contributed by atoms with Gasteiger partial charge in [-0.2, -0.15) is 0 Å². The Hall–Kier alpha value is -6.59. The Morgan fingerprint density at radius 3 is 1.40 bits per heavy atom. The third-order valence-corrected chi connectivity index (χ3v) is 11.6. The highest BCUT2D eigenvalue weighted by Gasteiger charge is 2.45. The van der Waals surface area contributed by atoms with Crippen LogP contribution in [0, 0.1) is 5.92 Å². The van der Waals surface area contributed by atoms with E-state index in [1.54, 1.807) is 0 Å². The molecule has 10 rings (SSSR count). The zero-order chi connectivity index (χ0) is 36.6. The molecule has 55 heavy (non-hydrogen) atoms. The lowest BCUT2D eigenvalue weighted by atomic mass is 9.77. The van der Waals surface area contributed by atoms with E-state index in [0.29, 0.717) is 22.9 Å². The second-order valence-corrected chi connectivity index (χ2v) is 15.0. The maximum Gasteiger partial charge on any atom is 0.164 e. The minimum absolute atomic E-state index is 0.328. The number of benzene rings is 6. The van der Waals surface area contributed by atoms with Gasteiger partial charge in [-0.3, -0.25) is 0 Å². The Labute approximate surface area is 321 Å². The van der Waals surface area contributed by atoms with Crippen LogP contribution in [-0.2, 0) is 5.41 Å². The summed E-state index contributed by atoms with van der Waals surface area (Å²) in [5.41, 5.74) is 11.8. The molecule has 0 saturated heterocycles. The minimum atomic E-state index is 0.328. The summed E-state index contributed by atoms with van der Waals surface area (Å²) in [5, 5.41) is 0. The largest absolute Gasteiger partial charge is 0.228 e. The van der Waals surface area contributed by atoms with E-state index in [1.807, 2.05) is 54.6 Å². The van der Waals surface area contributed by atoms with Crippen molar-refractivity contribution >= 4 is 0 Å². The van der Waals surface area contributed by atoms with Crippen LogP contribution in [0.4, 0.5) is 0 Å². The molecule has 0 radical (unpaired) electrons. The first-order valence-electron chi connectivity index (χ1n) is 19.3. The topological polar surface area (TPSA) is 64.5 Å². The summed E-state index contributed by atoms with van der Waals surface area (Å²) < 4.78 is 0. The van der Waals surface area contributed by atoms with Gasteiger partial charge in [-0.25, -0.2) is 24.9 Å². The van der Waals surface area contributed by atoms with Gasteiger partial charge in [0, 0.05) is 33.4 Å². The van der Waals surface area contributed by atoms with Crippen molar-refractivity contribution in [2.75, 3.05) is 0 Å². The van der Waals surface area contributed by atoms with Crippen LogP contribution in [0.5, 0.6) is 0 Å². The van der Waals surface area contributed by atoms with Gasteiger partial charge in [0.25, 0.3) is 0 Å². The van der Waals surface area contributed by atoms with Crippen molar-refractivity contribution in [1.29, 1.82) is 0 Å². The van der Waals surface area contributed by atoms with E-state index >= 15 is 0 Å². The molecule has 5 nitrogen and oxygen atoms in total. The van der Waals surface area contributed by atoms with Gasteiger partial charge in [0.05, 0.1) is 11.4 Å². The molecule has 5 heteroatoms. The molecule has 2 aliphatic rings. The monoisotopic (exact) mass is 709 g/mol. The van der Waals surface area contributed by atoms with Gasteiger partial charge in [-0.05, 0) is 78.3 Å². The van der Waals surface area contributed by atoms with Gasteiger partial charge in [-0.1, -0.05) is 152 Å². The lowest BCUT2D eigenvalue weighted by Crippen LogP contribution is -2.19. The fourth-order valence-corrected chi connectivity index (χ4v) is 8.67. The van der Waals surface area contributed by atoms with Gasteiger partial charge in [0.1, 0.15) is 0 Å². The smallest absolute Gasteiger partial charge is 0.164 e. The van der Waals surface area contributed by atoms with Crippen molar-refractivity contribution in [1.82, 2.24) is 24.9 Å². The first-order chi connectivity index (χ1) is 27.2. The average molecular weight is 710 g/mol. The molecule has 2 saturated carbocycles. The van der Waals surface area contributed by atoms with Crippen LogP contribution < -0.4 is 0 Å². The van der Waals surface area contributed by atoms with Crippen molar-refractivity contribution < 1.29 is 0 Å². The molecule has 0 atom stereocenters. The predicted octanol–water partition coefficient (Wildman–Crippen LogP) is 12.2. The molecule has 8 aromatic rings. The molecule has 0 unspecified atom stereocenters. The van der Waals surface area contributed by atoms with E-state index in [0.717, 1.165) is 67.6 Å². The van der Waals surface area contributed by atoms with E-state index < -0.39 is 0 Å². The molecule has 2 fully saturated rings. The van der Waals surface area contributed by atoms with E-state index in [2.05, 4.69) is 115 Å². The standard InChI is InChI=1S/C50H39N5/c1-4-12-35(13-5-1)40-18-10-20-42(30-40)49-54-47(38-16-8-3-9-17-38)53-48(55-49)39-24-22-36(23-25-39)44-32-45(52-46(51-44)37-14-6-2-7-15-37)41-19-11-21-43(31-41)50-28-26-34(33-50)27-29-50/h1-25,30-32,34H,26-29,33H2. The molecule has 0 N–H and O–H groups in total. The van der Waals surface area contributed by atoms with Crippen LogP contribution in [0.3, 0.4) is 0 Å². The highest BCUT2D eigenvalue weighted by molar-refractivity contribution is 5.75. The lowest BCUT2D eigenvalue weighted by molar-refractivity contribution is 0.419. The van der Waals surface area contributed by atoms with Crippen molar-refractivity contribution in [3.05, 3.63) is 175 Å². The second kappa shape index (κ2) is 14.0. The van der Waals surface area contributed by atoms with Crippen molar-refractivity contribution in [3.63, 3.8) is 0 Å². The van der Waals surface area contributed by atoms with E-state index in [-0.39, 0.29) is 0 Å². The minimum Gasteiger partial charge on any atom is -0.228 e. The van der Waals surface area contributed by atoms with Crippen LogP contribution in [-0.4, -0.2) is 24.9 Å². The third-order valence-electron chi connectivity index (χ3n) is 11.6. The van der Waals surface area contributed by atoms with E-state index in [4.69, 9.17) is 24.9 Å². The Bertz CT molecular complexity index is 2610. The molecule has 0 spiro atoms. The number of hydrogen-bond donors (Lipinski definition) is 0. The Morgan fingerprint density at radius 2 is 0.800 bits per heavy atom. The Kier molecular flexibility index (Phi) is 8.40. The fraction of sp³-hybridized carbons (Fsp3) is 0.140. The Balaban J connectivity index is 1.04. The highest BCUT2D eigenvalue weighted by atomic mass is 15.0. The zero-order valence-electron chi connectivity index (χ0n) is 30.5. The summed E-state index contributed by atoms with van der Waals surface area (Å²) in [6.07, 6.45) is 6.64. The number of nitrogens with zero attached hydrogens (tertiary/aromatic N) is 5. The normalized spacial score (nSPS) is 17.3. The van der Waals surface area contributed by atoms with Crippen molar-refractivity contribution in [2.24, 2.45) is 5.92 Å². The first kappa shape index (κ1) is 33.0. The maximum atomic E-state index is 5.16. The van der Waals surface area contributed by atoms with Gasteiger partial charge in [-0.15, -0.1) is 0 Å². The first-order valence-corrected chi connectivity index (χ1v) is 19.3. The van der Waals surface area contributed by atoms with Crippen LogP contribution in [0.25, 0.3) is 79.2 Å². The fourth-order valence-electron chi connectivity index (χ4n) is 8.67. The summed E-state index contributed by atoms with van der Waals surface area (Å²) in [4.78, 5) is 25.3. The van der Waals surface area contributed by atoms with Gasteiger partial charge < -0.3 is 0 Å². The maximum absolute atomic E-state index is 5.16. The summed E-state index contributed by atoms with van der Waals surface area (Å²) in [6.45, 7) is 0. The molecule has 2 aromatic heterocycles. The third kappa shape index (κ3) is 6.52. The molecule has 6 aromatic carbocycles. The number of hydrogen-bond acceptors (Lipinski definition) is 5. The molecule has 2 bridgehead atoms. The van der Waals surface area contributed by atoms with Gasteiger partial charge in [0.2, 0.25) is 0 Å². The summed E-state index contributed by atoms with van der Waals surface area (Å²) in [7, 11) is 0.